The molecule has 0 aliphatic carbocycles. The number of rotatable bonds is 3. The highest BCUT2D eigenvalue weighted by molar-refractivity contribution is 7.91. The number of anilines is 1. The van der Waals surface area contributed by atoms with E-state index in [4.69, 9.17) is 0 Å². The molecule has 0 N–H and O–H groups in total. The summed E-state index contributed by atoms with van der Waals surface area (Å²) in [5.74, 6) is -0.330. The number of carbonyl (C=O) groups excluding carboxylic acids is 1. The number of ether oxygens (including phenoxy) is 1. The van der Waals surface area contributed by atoms with Crippen LogP contribution >= 0.6 is 0 Å². The van der Waals surface area contributed by atoms with Crippen LogP contribution in [-0.4, -0.2) is 38.5 Å². The van der Waals surface area contributed by atoms with Gasteiger partial charge in [-0.1, -0.05) is 0 Å². The van der Waals surface area contributed by atoms with Crippen LogP contribution in [0.2, 0.25) is 0 Å². The molecule has 2 fully saturated rings. The Morgan fingerprint density at radius 1 is 1.19 bits per heavy atom. The van der Waals surface area contributed by atoms with Gasteiger partial charge in [-0.2, -0.15) is 8.78 Å². The first-order valence-electron chi connectivity index (χ1n) is 6.43. The van der Waals surface area contributed by atoms with Gasteiger partial charge in [0.25, 0.3) is 0 Å². The van der Waals surface area contributed by atoms with Crippen molar-refractivity contribution in [2.75, 3.05) is 16.4 Å². The van der Waals surface area contributed by atoms with Crippen LogP contribution in [0.3, 0.4) is 0 Å². The predicted octanol–water partition coefficient (Wildman–Crippen LogP) is 1.44. The zero-order valence-electron chi connectivity index (χ0n) is 10.9. The third-order valence-electron chi connectivity index (χ3n) is 3.81. The summed E-state index contributed by atoms with van der Waals surface area (Å²) < 4.78 is 51.8. The van der Waals surface area contributed by atoms with Gasteiger partial charge in [0.05, 0.1) is 17.5 Å². The quantitative estimate of drug-likeness (QED) is 0.846. The second-order valence-corrected chi connectivity index (χ2v) is 7.40. The summed E-state index contributed by atoms with van der Waals surface area (Å²) in [5.41, 5.74) is 0.506. The predicted molar refractivity (Wildman–Crippen MR) is 71.1 cm³/mol. The van der Waals surface area contributed by atoms with E-state index in [1.54, 1.807) is 0 Å². The molecule has 1 amide bonds. The van der Waals surface area contributed by atoms with Gasteiger partial charge in [-0.25, -0.2) is 8.42 Å². The number of benzene rings is 1. The molecule has 3 rings (SSSR count). The molecule has 2 heterocycles. The van der Waals surface area contributed by atoms with Gasteiger partial charge in [0.15, 0.2) is 9.84 Å². The van der Waals surface area contributed by atoms with E-state index in [2.05, 4.69) is 4.74 Å². The first-order chi connectivity index (χ1) is 9.85. The van der Waals surface area contributed by atoms with Gasteiger partial charge < -0.3 is 9.64 Å². The van der Waals surface area contributed by atoms with Gasteiger partial charge in [0.2, 0.25) is 5.91 Å². The second-order valence-electron chi connectivity index (χ2n) is 5.24. The summed E-state index contributed by atoms with van der Waals surface area (Å²) in [6, 6.07) is 5.30. The highest BCUT2D eigenvalue weighted by Crippen LogP contribution is 2.37. The smallest absolute Gasteiger partial charge is 0.387 e. The lowest BCUT2D eigenvalue weighted by Crippen LogP contribution is -2.36. The van der Waals surface area contributed by atoms with E-state index in [1.807, 2.05) is 0 Å². The Hall–Kier alpha value is -1.70. The van der Waals surface area contributed by atoms with Gasteiger partial charge in [0, 0.05) is 18.0 Å². The molecular weight excluding hydrogens is 304 g/mol. The number of sulfone groups is 1. The average Bonchev–Trinajstić information content (AvgIpc) is 2.80. The molecule has 2 saturated heterocycles. The van der Waals surface area contributed by atoms with E-state index < -0.39 is 16.4 Å². The van der Waals surface area contributed by atoms with Crippen LogP contribution in [-0.2, 0) is 14.6 Å². The van der Waals surface area contributed by atoms with E-state index in [-0.39, 0.29) is 41.5 Å². The van der Waals surface area contributed by atoms with Gasteiger partial charge in [-0.05, 0) is 24.3 Å². The highest BCUT2D eigenvalue weighted by atomic mass is 32.2. The Balaban J connectivity index is 1.84. The SMILES string of the molecule is O=C1C[C@@H]2CS(=O)(=O)C[C@@H]2N1c1ccc(OC(F)F)cc1. The Labute approximate surface area is 120 Å². The number of hydrogen-bond donors (Lipinski definition) is 0. The number of alkyl halides is 2. The lowest BCUT2D eigenvalue weighted by Gasteiger charge is -2.23. The van der Waals surface area contributed by atoms with E-state index in [0.29, 0.717) is 5.69 Å². The number of nitrogens with zero attached hydrogens (tertiary/aromatic N) is 1. The Morgan fingerprint density at radius 3 is 2.48 bits per heavy atom. The third kappa shape index (κ3) is 2.72. The molecular formula is C13H13F2NO4S. The summed E-state index contributed by atoms with van der Waals surface area (Å²) in [6.45, 7) is -2.91. The van der Waals surface area contributed by atoms with Crippen molar-refractivity contribution in [3.63, 3.8) is 0 Å². The lowest BCUT2D eigenvalue weighted by molar-refractivity contribution is -0.117. The first kappa shape index (κ1) is 14.2. The van der Waals surface area contributed by atoms with Crippen molar-refractivity contribution in [2.24, 2.45) is 5.92 Å². The molecule has 0 bridgehead atoms. The summed E-state index contributed by atoms with van der Waals surface area (Å²) in [7, 11) is -3.11. The number of hydrogen-bond acceptors (Lipinski definition) is 4. The second kappa shape index (κ2) is 4.94. The molecule has 2 atom stereocenters. The fourth-order valence-corrected chi connectivity index (χ4v) is 5.08. The topological polar surface area (TPSA) is 63.7 Å². The molecule has 0 unspecified atom stereocenters. The molecule has 1 aromatic carbocycles. The van der Waals surface area contributed by atoms with Crippen molar-refractivity contribution in [1.29, 1.82) is 0 Å². The van der Waals surface area contributed by atoms with E-state index >= 15 is 0 Å². The van der Waals surface area contributed by atoms with Crippen molar-refractivity contribution in [2.45, 2.75) is 19.1 Å². The molecule has 0 spiro atoms. The molecule has 21 heavy (non-hydrogen) atoms. The lowest BCUT2D eigenvalue weighted by atomic mass is 10.0. The zero-order chi connectivity index (χ0) is 15.2. The van der Waals surface area contributed by atoms with Gasteiger partial charge in [-0.3, -0.25) is 4.79 Å². The molecule has 0 aromatic heterocycles. The third-order valence-corrected chi connectivity index (χ3v) is 5.60. The monoisotopic (exact) mass is 317 g/mol. The molecule has 8 heteroatoms. The van der Waals surface area contributed by atoms with Gasteiger partial charge in [0.1, 0.15) is 5.75 Å². The van der Waals surface area contributed by atoms with Crippen molar-refractivity contribution < 1.29 is 26.7 Å². The van der Waals surface area contributed by atoms with Crippen LogP contribution < -0.4 is 9.64 Å². The van der Waals surface area contributed by atoms with Crippen LogP contribution in [0.4, 0.5) is 14.5 Å². The summed E-state index contributed by atoms with van der Waals surface area (Å²) in [4.78, 5) is 13.5. The van der Waals surface area contributed by atoms with Crippen molar-refractivity contribution >= 4 is 21.4 Å². The van der Waals surface area contributed by atoms with Gasteiger partial charge >= 0.3 is 6.61 Å². The van der Waals surface area contributed by atoms with Crippen LogP contribution in [0.1, 0.15) is 6.42 Å². The number of halogens is 2. The van der Waals surface area contributed by atoms with Crippen LogP contribution in [0.5, 0.6) is 5.75 Å². The number of carbonyl (C=O) groups is 1. The molecule has 1 aromatic rings. The molecule has 0 radical (unpaired) electrons. The molecule has 2 aliphatic rings. The van der Waals surface area contributed by atoms with Crippen molar-refractivity contribution in [3.05, 3.63) is 24.3 Å². The minimum Gasteiger partial charge on any atom is -0.435 e. The molecule has 2 aliphatic heterocycles. The van der Waals surface area contributed by atoms with Crippen molar-refractivity contribution in [1.82, 2.24) is 0 Å². The maximum atomic E-state index is 12.1. The Bertz CT molecular complexity index is 659. The Kier molecular flexibility index (Phi) is 3.35. The van der Waals surface area contributed by atoms with Crippen LogP contribution in [0, 0.1) is 5.92 Å². The summed E-state index contributed by atoms with van der Waals surface area (Å²) in [5, 5.41) is 0. The van der Waals surface area contributed by atoms with Crippen molar-refractivity contribution in [3.8, 4) is 5.75 Å². The van der Waals surface area contributed by atoms with Crippen LogP contribution in [0.15, 0.2) is 24.3 Å². The largest absolute Gasteiger partial charge is 0.435 e. The maximum Gasteiger partial charge on any atom is 0.387 e. The summed E-state index contributed by atoms with van der Waals surface area (Å²) >= 11 is 0. The minimum atomic E-state index is -3.11. The summed E-state index contributed by atoms with van der Waals surface area (Å²) in [6.07, 6.45) is 0.208. The van der Waals surface area contributed by atoms with E-state index in [9.17, 15) is 22.0 Å². The van der Waals surface area contributed by atoms with Gasteiger partial charge in [-0.15, -0.1) is 0 Å². The minimum absolute atomic E-state index is 0.00371. The average molecular weight is 317 g/mol. The maximum absolute atomic E-state index is 12.1. The fourth-order valence-electron chi connectivity index (χ4n) is 3.01. The van der Waals surface area contributed by atoms with E-state index in [0.717, 1.165) is 0 Å². The van der Waals surface area contributed by atoms with Crippen LogP contribution in [0.25, 0.3) is 0 Å². The Morgan fingerprint density at radius 2 is 1.86 bits per heavy atom. The fraction of sp³-hybridized carbons (Fsp3) is 0.462. The van der Waals surface area contributed by atoms with E-state index in [1.165, 1.54) is 29.2 Å². The number of amides is 1. The highest BCUT2D eigenvalue weighted by Gasteiger charge is 2.49. The molecule has 0 saturated carbocycles. The first-order valence-corrected chi connectivity index (χ1v) is 8.25. The molecule has 5 nitrogen and oxygen atoms in total. The molecule has 114 valence electrons. The standard InChI is InChI=1S/C13H13F2NO4S/c14-13(15)20-10-3-1-9(2-4-10)16-11-7-21(18,19)6-8(11)5-12(16)17/h1-4,8,11,13H,5-7H2/t8-,11+/m1/s1. The normalized spacial score (nSPS) is 27.2. The zero-order valence-corrected chi connectivity index (χ0v) is 11.7. The number of fused-ring (bicyclic) bond motifs is 1.